The molecule has 7 heteroatoms. The molecular formula is C19H23N5O2. The van der Waals surface area contributed by atoms with Gasteiger partial charge in [0.1, 0.15) is 5.75 Å². The average molecular weight is 353 g/mol. The van der Waals surface area contributed by atoms with Gasteiger partial charge in [-0.25, -0.2) is 4.52 Å². The van der Waals surface area contributed by atoms with Crippen molar-refractivity contribution in [2.45, 2.75) is 20.8 Å². The molecule has 0 bridgehead atoms. The molecule has 3 rings (SSSR count). The number of nitrogens with one attached hydrogen (secondary N) is 1. The molecule has 26 heavy (non-hydrogen) atoms. The summed E-state index contributed by atoms with van der Waals surface area (Å²) < 4.78 is 7.18. The molecule has 0 saturated heterocycles. The van der Waals surface area contributed by atoms with Gasteiger partial charge >= 0.3 is 0 Å². The number of methoxy groups -OCH3 is 1. The van der Waals surface area contributed by atoms with Crippen molar-refractivity contribution in [2.24, 2.45) is 0 Å². The van der Waals surface area contributed by atoms with Gasteiger partial charge in [-0.15, -0.1) is 5.10 Å². The third kappa shape index (κ3) is 3.46. The summed E-state index contributed by atoms with van der Waals surface area (Å²) in [6, 6.07) is 9.24. The molecular weight excluding hydrogens is 330 g/mol. The number of amides is 1. The molecule has 0 aliphatic carbocycles. The Morgan fingerprint density at radius 1 is 1.23 bits per heavy atom. The van der Waals surface area contributed by atoms with Gasteiger partial charge in [0.05, 0.1) is 12.8 Å². The average Bonchev–Trinajstić information content (AvgIpc) is 3.04. The molecule has 1 amide bonds. The van der Waals surface area contributed by atoms with Gasteiger partial charge in [-0.2, -0.15) is 4.98 Å². The quantitative estimate of drug-likeness (QED) is 0.736. The monoisotopic (exact) mass is 353 g/mol. The van der Waals surface area contributed by atoms with Gasteiger partial charge in [-0.1, -0.05) is 6.07 Å². The number of anilines is 2. The first-order chi connectivity index (χ1) is 12.5. The second-order valence-corrected chi connectivity index (χ2v) is 5.96. The van der Waals surface area contributed by atoms with Crippen LogP contribution < -0.4 is 10.1 Å². The third-order valence-corrected chi connectivity index (χ3v) is 4.22. The molecule has 2 aromatic heterocycles. The first-order valence-corrected chi connectivity index (χ1v) is 8.63. The van der Waals surface area contributed by atoms with Crippen molar-refractivity contribution in [2.75, 3.05) is 25.5 Å². The number of pyridine rings is 1. The number of aromatic nitrogens is 3. The van der Waals surface area contributed by atoms with E-state index >= 15 is 0 Å². The van der Waals surface area contributed by atoms with Crippen LogP contribution in [0.2, 0.25) is 0 Å². The van der Waals surface area contributed by atoms with Crippen LogP contribution in [-0.4, -0.2) is 45.6 Å². The zero-order valence-corrected chi connectivity index (χ0v) is 15.5. The van der Waals surface area contributed by atoms with E-state index in [0.29, 0.717) is 36.0 Å². The molecule has 0 unspecified atom stereocenters. The summed E-state index contributed by atoms with van der Waals surface area (Å²) in [5, 5.41) is 7.58. The van der Waals surface area contributed by atoms with Gasteiger partial charge < -0.3 is 15.0 Å². The van der Waals surface area contributed by atoms with Gasteiger partial charge in [0, 0.05) is 24.8 Å². The largest absolute Gasteiger partial charge is 0.495 e. The number of ether oxygens (including phenoxy) is 1. The maximum absolute atomic E-state index is 12.5. The first-order valence-electron chi connectivity index (χ1n) is 8.63. The molecule has 136 valence electrons. The number of aryl methyl sites for hydroxylation is 1. The van der Waals surface area contributed by atoms with E-state index in [0.717, 1.165) is 11.2 Å². The Bertz CT molecular complexity index is 931. The Labute approximate surface area is 152 Å². The van der Waals surface area contributed by atoms with Crippen molar-refractivity contribution in [3.8, 4) is 5.75 Å². The van der Waals surface area contributed by atoms with Crippen LogP contribution in [0.3, 0.4) is 0 Å². The van der Waals surface area contributed by atoms with E-state index in [-0.39, 0.29) is 5.91 Å². The van der Waals surface area contributed by atoms with Crippen LogP contribution in [0.25, 0.3) is 5.65 Å². The Balaban J connectivity index is 1.88. The Morgan fingerprint density at radius 2 is 2.00 bits per heavy atom. The smallest absolute Gasteiger partial charge is 0.253 e. The van der Waals surface area contributed by atoms with E-state index in [1.165, 1.54) is 0 Å². The predicted molar refractivity (Wildman–Crippen MR) is 101 cm³/mol. The van der Waals surface area contributed by atoms with Gasteiger partial charge in [0.2, 0.25) is 5.95 Å². The minimum Gasteiger partial charge on any atom is -0.495 e. The fourth-order valence-electron chi connectivity index (χ4n) is 2.78. The van der Waals surface area contributed by atoms with Crippen LogP contribution in [0.15, 0.2) is 36.5 Å². The van der Waals surface area contributed by atoms with Crippen molar-refractivity contribution < 1.29 is 9.53 Å². The van der Waals surface area contributed by atoms with Crippen LogP contribution in [0.4, 0.5) is 11.6 Å². The number of benzene rings is 1. The van der Waals surface area contributed by atoms with Gasteiger partial charge in [-0.3, -0.25) is 4.79 Å². The minimum atomic E-state index is -0.0128. The lowest BCUT2D eigenvalue weighted by Crippen LogP contribution is -2.30. The van der Waals surface area contributed by atoms with Crippen LogP contribution in [0.5, 0.6) is 5.75 Å². The zero-order chi connectivity index (χ0) is 18.7. The molecule has 0 fully saturated rings. The maximum Gasteiger partial charge on any atom is 0.253 e. The Hall–Kier alpha value is -3.09. The van der Waals surface area contributed by atoms with E-state index in [4.69, 9.17) is 4.74 Å². The van der Waals surface area contributed by atoms with Gasteiger partial charge in [0.25, 0.3) is 5.91 Å². The highest BCUT2D eigenvalue weighted by atomic mass is 16.5. The molecule has 7 nitrogen and oxygen atoms in total. The van der Waals surface area contributed by atoms with Crippen molar-refractivity contribution >= 4 is 23.2 Å². The van der Waals surface area contributed by atoms with Gasteiger partial charge in [-0.05, 0) is 50.6 Å². The standard InChI is InChI=1S/C19H23N5O2/c1-5-23(6-2)18(25)14-8-9-15(16(11-14)26-4)20-19-21-17-10-7-13(3)12-24(17)22-19/h7-12H,5-6H2,1-4H3,(H,20,22). The molecule has 0 aliphatic heterocycles. The Morgan fingerprint density at radius 3 is 2.69 bits per heavy atom. The SMILES string of the molecule is CCN(CC)C(=O)c1ccc(Nc2nc3ccc(C)cn3n2)c(OC)c1. The molecule has 0 aliphatic rings. The number of hydrogen-bond donors (Lipinski definition) is 1. The van der Waals surface area contributed by atoms with E-state index in [1.54, 1.807) is 28.7 Å². The number of fused-ring (bicyclic) bond motifs is 1. The molecule has 1 N–H and O–H groups in total. The normalized spacial score (nSPS) is 10.8. The minimum absolute atomic E-state index is 0.0128. The Kier molecular flexibility index (Phi) is 5.06. The molecule has 1 aromatic carbocycles. The van der Waals surface area contributed by atoms with Crippen molar-refractivity contribution in [3.63, 3.8) is 0 Å². The summed E-state index contributed by atoms with van der Waals surface area (Å²) >= 11 is 0. The number of rotatable bonds is 6. The second kappa shape index (κ2) is 7.43. The van der Waals surface area contributed by atoms with Crippen molar-refractivity contribution in [1.29, 1.82) is 0 Å². The van der Waals surface area contributed by atoms with Crippen LogP contribution in [0.1, 0.15) is 29.8 Å². The third-order valence-electron chi connectivity index (χ3n) is 4.22. The lowest BCUT2D eigenvalue weighted by atomic mass is 10.1. The molecule has 0 radical (unpaired) electrons. The highest BCUT2D eigenvalue weighted by molar-refractivity contribution is 5.95. The molecule has 0 saturated carbocycles. The van der Waals surface area contributed by atoms with Crippen LogP contribution >= 0.6 is 0 Å². The summed E-state index contributed by atoms with van der Waals surface area (Å²) in [5.74, 6) is 1.02. The fraction of sp³-hybridized carbons (Fsp3) is 0.316. The van der Waals surface area contributed by atoms with Crippen LogP contribution in [0, 0.1) is 6.92 Å². The molecule has 0 spiro atoms. The predicted octanol–water partition coefficient (Wildman–Crippen LogP) is 3.27. The molecule has 0 atom stereocenters. The lowest BCUT2D eigenvalue weighted by molar-refractivity contribution is 0.0772. The number of nitrogens with zero attached hydrogens (tertiary/aromatic N) is 4. The molecule has 2 heterocycles. The van der Waals surface area contributed by atoms with E-state index < -0.39 is 0 Å². The number of carbonyl (C=O) groups excluding carboxylic acids is 1. The van der Waals surface area contributed by atoms with Crippen LogP contribution in [-0.2, 0) is 0 Å². The topological polar surface area (TPSA) is 71.8 Å². The second-order valence-electron chi connectivity index (χ2n) is 5.96. The summed E-state index contributed by atoms with van der Waals surface area (Å²) in [4.78, 5) is 18.7. The van der Waals surface area contributed by atoms with Gasteiger partial charge in [0.15, 0.2) is 5.65 Å². The van der Waals surface area contributed by atoms with Crippen molar-refractivity contribution in [1.82, 2.24) is 19.5 Å². The molecule has 3 aromatic rings. The highest BCUT2D eigenvalue weighted by Crippen LogP contribution is 2.28. The number of hydrogen-bond acceptors (Lipinski definition) is 5. The summed E-state index contributed by atoms with van der Waals surface area (Å²) in [6.07, 6.45) is 1.91. The lowest BCUT2D eigenvalue weighted by Gasteiger charge is -2.19. The number of carbonyl (C=O) groups is 1. The maximum atomic E-state index is 12.5. The van der Waals surface area contributed by atoms with E-state index in [9.17, 15) is 4.79 Å². The fourth-order valence-corrected chi connectivity index (χ4v) is 2.78. The summed E-state index contributed by atoms with van der Waals surface area (Å²) in [6.45, 7) is 7.27. The highest BCUT2D eigenvalue weighted by Gasteiger charge is 2.15. The first kappa shape index (κ1) is 17.7. The van der Waals surface area contributed by atoms with E-state index in [2.05, 4.69) is 15.4 Å². The van der Waals surface area contributed by atoms with Crippen molar-refractivity contribution in [3.05, 3.63) is 47.7 Å². The zero-order valence-electron chi connectivity index (χ0n) is 15.5. The van der Waals surface area contributed by atoms with E-state index in [1.807, 2.05) is 45.2 Å². The summed E-state index contributed by atoms with van der Waals surface area (Å²) in [7, 11) is 1.58. The summed E-state index contributed by atoms with van der Waals surface area (Å²) in [5.41, 5.74) is 3.15.